The van der Waals surface area contributed by atoms with Crippen molar-refractivity contribution in [3.63, 3.8) is 0 Å². The molecule has 2 nitrogen and oxygen atoms in total. The highest BCUT2D eigenvalue weighted by atomic mass is 79.9. The van der Waals surface area contributed by atoms with Gasteiger partial charge in [0.15, 0.2) is 0 Å². The zero-order chi connectivity index (χ0) is 10.6. The van der Waals surface area contributed by atoms with E-state index in [1.165, 1.54) is 11.3 Å². The predicted octanol–water partition coefficient (Wildman–Crippen LogP) is 3.50. The molecule has 0 bridgehead atoms. The Balaban J connectivity index is 2.79. The summed E-state index contributed by atoms with van der Waals surface area (Å²) >= 11 is 10.6. The van der Waals surface area contributed by atoms with E-state index in [0.717, 1.165) is 9.35 Å². The SMILES string of the molecule is C=CCNC(C#N)c1cc(Br)c(Cl)s1. The zero-order valence-electron chi connectivity index (χ0n) is 7.26. The van der Waals surface area contributed by atoms with Gasteiger partial charge in [0.05, 0.1) is 6.07 Å². The summed E-state index contributed by atoms with van der Waals surface area (Å²) in [5.74, 6) is 0. The van der Waals surface area contributed by atoms with Gasteiger partial charge in [0.25, 0.3) is 0 Å². The lowest BCUT2D eigenvalue weighted by Crippen LogP contribution is -2.18. The quantitative estimate of drug-likeness (QED) is 0.862. The summed E-state index contributed by atoms with van der Waals surface area (Å²) in [6.07, 6.45) is 1.72. The van der Waals surface area contributed by atoms with Gasteiger partial charge in [-0.2, -0.15) is 5.26 Å². The zero-order valence-corrected chi connectivity index (χ0v) is 10.4. The van der Waals surface area contributed by atoms with E-state index in [1.54, 1.807) is 6.08 Å². The highest BCUT2D eigenvalue weighted by Gasteiger charge is 2.13. The molecular formula is C9H8BrClN2S. The van der Waals surface area contributed by atoms with Crippen molar-refractivity contribution in [1.82, 2.24) is 5.32 Å². The van der Waals surface area contributed by atoms with Gasteiger partial charge in [-0.1, -0.05) is 17.7 Å². The van der Waals surface area contributed by atoms with Crippen molar-refractivity contribution in [3.8, 4) is 6.07 Å². The maximum Gasteiger partial charge on any atom is 0.130 e. The maximum atomic E-state index is 8.91. The summed E-state index contributed by atoms with van der Waals surface area (Å²) in [5.41, 5.74) is 0. The molecule has 0 aliphatic rings. The van der Waals surface area contributed by atoms with E-state index >= 15 is 0 Å². The number of nitriles is 1. The molecule has 1 atom stereocenters. The Morgan fingerprint density at radius 1 is 1.86 bits per heavy atom. The Hall–Kier alpha value is -0.340. The van der Waals surface area contributed by atoms with Gasteiger partial charge in [-0.05, 0) is 22.0 Å². The molecular weight excluding hydrogens is 284 g/mol. The minimum Gasteiger partial charge on any atom is -0.294 e. The van der Waals surface area contributed by atoms with Crippen molar-refractivity contribution in [2.45, 2.75) is 6.04 Å². The fourth-order valence-electron chi connectivity index (χ4n) is 0.917. The lowest BCUT2D eigenvalue weighted by molar-refractivity contribution is 0.694. The first-order chi connectivity index (χ1) is 6.69. The summed E-state index contributed by atoms with van der Waals surface area (Å²) < 4.78 is 1.50. The summed E-state index contributed by atoms with van der Waals surface area (Å²) in [4.78, 5) is 0.909. The lowest BCUT2D eigenvalue weighted by Gasteiger charge is -2.06. The molecule has 0 saturated carbocycles. The number of hydrogen-bond donors (Lipinski definition) is 1. The van der Waals surface area contributed by atoms with Crippen LogP contribution in [0.4, 0.5) is 0 Å². The molecule has 0 saturated heterocycles. The van der Waals surface area contributed by atoms with Gasteiger partial charge in [-0.15, -0.1) is 17.9 Å². The third kappa shape index (κ3) is 2.82. The van der Waals surface area contributed by atoms with Crippen molar-refractivity contribution in [3.05, 3.63) is 32.4 Å². The van der Waals surface area contributed by atoms with Crippen molar-refractivity contribution in [2.24, 2.45) is 0 Å². The van der Waals surface area contributed by atoms with Crippen LogP contribution in [-0.2, 0) is 0 Å². The van der Waals surface area contributed by atoms with Crippen LogP contribution >= 0.6 is 38.9 Å². The average molecular weight is 292 g/mol. The van der Waals surface area contributed by atoms with Crippen LogP contribution in [0.25, 0.3) is 0 Å². The highest BCUT2D eigenvalue weighted by molar-refractivity contribution is 9.10. The van der Waals surface area contributed by atoms with Crippen LogP contribution in [0.15, 0.2) is 23.2 Å². The first kappa shape index (κ1) is 11.7. The van der Waals surface area contributed by atoms with E-state index in [0.29, 0.717) is 10.9 Å². The van der Waals surface area contributed by atoms with Gasteiger partial charge >= 0.3 is 0 Å². The van der Waals surface area contributed by atoms with E-state index < -0.39 is 0 Å². The molecule has 74 valence electrons. The number of nitrogens with one attached hydrogen (secondary N) is 1. The van der Waals surface area contributed by atoms with Gasteiger partial charge in [0, 0.05) is 15.9 Å². The third-order valence-electron chi connectivity index (χ3n) is 1.54. The summed E-state index contributed by atoms with van der Waals surface area (Å²) in [7, 11) is 0. The smallest absolute Gasteiger partial charge is 0.130 e. The number of hydrogen-bond acceptors (Lipinski definition) is 3. The van der Waals surface area contributed by atoms with E-state index in [-0.39, 0.29) is 6.04 Å². The van der Waals surface area contributed by atoms with Crippen LogP contribution in [-0.4, -0.2) is 6.54 Å². The summed E-state index contributed by atoms with van der Waals surface area (Å²) in [5, 5.41) is 11.9. The second-order valence-corrected chi connectivity index (χ2v) is 5.07. The number of nitrogens with zero attached hydrogens (tertiary/aromatic N) is 1. The molecule has 0 aromatic carbocycles. The molecule has 1 rings (SSSR count). The summed E-state index contributed by atoms with van der Waals surface area (Å²) in [6, 6.07) is 3.71. The predicted molar refractivity (Wildman–Crippen MR) is 63.6 cm³/mol. The first-order valence-electron chi connectivity index (χ1n) is 3.87. The third-order valence-corrected chi connectivity index (χ3v) is 4.08. The Kier molecular flexibility index (Phi) is 4.63. The molecule has 14 heavy (non-hydrogen) atoms. The molecule has 1 aromatic rings. The van der Waals surface area contributed by atoms with E-state index in [2.05, 4.69) is 33.9 Å². The van der Waals surface area contributed by atoms with Crippen molar-refractivity contribution in [2.75, 3.05) is 6.54 Å². The van der Waals surface area contributed by atoms with Crippen LogP contribution < -0.4 is 5.32 Å². The number of halogens is 2. The standard InChI is InChI=1S/C9H8BrClN2S/c1-2-3-13-7(5-12)8-4-6(10)9(11)14-8/h2,4,7,13H,1,3H2. The second-order valence-electron chi connectivity index (χ2n) is 2.53. The molecule has 5 heteroatoms. The Morgan fingerprint density at radius 2 is 2.57 bits per heavy atom. The fourth-order valence-corrected chi connectivity index (χ4v) is 2.67. The number of thiophene rings is 1. The van der Waals surface area contributed by atoms with E-state index in [4.69, 9.17) is 16.9 Å². The van der Waals surface area contributed by atoms with Gasteiger partial charge in [0.1, 0.15) is 10.4 Å². The van der Waals surface area contributed by atoms with Gasteiger partial charge in [0.2, 0.25) is 0 Å². The Morgan fingerprint density at radius 3 is 3.00 bits per heavy atom. The molecule has 0 spiro atoms. The van der Waals surface area contributed by atoms with Crippen LogP contribution in [0.1, 0.15) is 10.9 Å². The molecule has 0 aliphatic heterocycles. The van der Waals surface area contributed by atoms with Crippen LogP contribution in [0, 0.1) is 11.3 Å². The molecule has 0 amide bonds. The molecule has 1 unspecified atom stereocenters. The van der Waals surface area contributed by atoms with Crippen molar-refractivity contribution in [1.29, 1.82) is 5.26 Å². The average Bonchev–Trinajstić information content (AvgIpc) is 2.48. The number of rotatable bonds is 4. The molecule has 1 N–H and O–H groups in total. The molecule has 1 heterocycles. The Labute approximate surface area is 100 Å². The maximum absolute atomic E-state index is 8.91. The van der Waals surface area contributed by atoms with Gasteiger partial charge in [-0.3, -0.25) is 5.32 Å². The lowest BCUT2D eigenvalue weighted by atomic mass is 10.2. The van der Waals surface area contributed by atoms with Gasteiger partial charge < -0.3 is 0 Å². The van der Waals surface area contributed by atoms with E-state index in [1.807, 2.05) is 6.07 Å². The van der Waals surface area contributed by atoms with E-state index in [9.17, 15) is 0 Å². The normalized spacial score (nSPS) is 12.1. The van der Waals surface area contributed by atoms with Crippen LogP contribution in [0.3, 0.4) is 0 Å². The minimum atomic E-state index is -0.318. The second kappa shape index (κ2) is 5.52. The highest BCUT2D eigenvalue weighted by Crippen LogP contribution is 2.34. The summed E-state index contributed by atoms with van der Waals surface area (Å²) in [6.45, 7) is 4.18. The van der Waals surface area contributed by atoms with Crippen molar-refractivity contribution < 1.29 is 0 Å². The van der Waals surface area contributed by atoms with Gasteiger partial charge in [-0.25, -0.2) is 0 Å². The molecule has 0 aliphatic carbocycles. The van der Waals surface area contributed by atoms with Crippen LogP contribution in [0.2, 0.25) is 4.34 Å². The topological polar surface area (TPSA) is 35.8 Å². The minimum absolute atomic E-state index is 0.318. The monoisotopic (exact) mass is 290 g/mol. The fraction of sp³-hybridized carbons (Fsp3) is 0.222. The molecule has 1 aromatic heterocycles. The largest absolute Gasteiger partial charge is 0.294 e. The van der Waals surface area contributed by atoms with Crippen LogP contribution in [0.5, 0.6) is 0 Å². The molecule has 0 fully saturated rings. The first-order valence-corrected chi connectivity index (χ1v) is 5.86. The van der Waals surface area contributed by atoms with Crippen molar-refractivity contribution >= 4 is 38.9 Å². The molecule has 0 radical (unpaired) electrons. The Bertz CT molecular complexity index is 350.